The van der Waals surface area contributed by atoms with Crippen molar-refractivity contribution in [2.45, 2.75) is 6.42 Å². The van der Waals surface area contributed by atoms with E-state index in [1.165, 1.54) is 12.1 Å². The van der Waals surface area contributed by atoms with Crippen LogP contribution in [-0.2, 0) is 4.79 Å². The van der Waals surface area contributed by atoms with Gasteiger partial charge in [0.1, 0.15) is 6.29 Å². The summed E-state index contributed by atoms with van der Waals surface area (Å²) in [6.45, 7) is 0.183. The van der Waals surface area contributed by atoms with Crippen molar-refractivity contribution < 1.29 is 13.9 Å². The highest BCUT2D eigenvalue weighted by Gasteiger charge is 2.02. The monoisotopic (exact) mass is 202 g/mol. The number of halogens is 2. The molecule has 0 spiro atoms. The first-order valence-corrected chi connectivity index (χ1v) is 4.13. The van der Waals surface area contributed by atoms with Gasteiger partial charge < -0.3 is 9.53 Å². The Bertz CT molecular complexity index is 302. The molecular formula is C9H8ClFO2. The number of rotatable bonds is 4. The van der Waals surface area contributed by atoms with E-state index >= 15 is 0 Å². The Balaban J connectivity index is 2.61. The van der Waals surface area contributed by atoms with Crippen LogP contribution >= 0.6 is 11.6 Å². The Morgan fingerprint density at radius 1 is 1.54 bits per heavy atom. The average molecular weight is 203 g/mol. The predicted molar refractivity (Wildman–Crippen MR) is 47.6 cm³/mol. The van der Waals surface area contributed by atoms with E-state index in [4.69, 9.17) is 16.3 Å². The minimum Gasteiger partial charge on any atom is -0.490 e. The molecule has 13 heavy (non-hydrogen) atoms. The second-order valence-corrected chi connectivity index (χ2v) is 2.81. The molecule has 0 bridgehead atoms. The van der Waals surface area contributed by atoms with E-state index in [0.717, 1.165) is 6.07 Å². The third-order valence-electron chi connectivity index (χ3n) is 1.39. The number of aldehydes is 1. The van der Waals surface area contributed by atoms with E-state index in [9.17, 15) is 9.18 Å². The van der Waals surface area contributed by atoms with Gasteiger partial charge in [-0.3, -0.25) is 0 Å². The molecule has 0 aliphatic heterocycles. The van der Waals surface area contributed by atoms with Gasteiger partial charge in [0.25, 0.3) is 0 Å². The van der Waals surface area contributed by atoms with Crippen molar-refractivity contribution in [1.29, 1.82) is 0 Å². The van der Waals surface area contributed by atoms with Crippen LogP contribution in [0.25, 0.3) is 0 Å². The largest absolute Gasteiger partial charge is 0.490 e. The Hall–Kier alpha value is -1.09. The molecule has 2 nitrogen and oxygen atoms in total. The fourth-order valence-corrected chi connectivity index (χ4v) is 0.968. The molecule has 0 aromatic heterocycles. The summed E-state index contributed by atoms with van der Waals surface area (Å²) >= 11 is 5.53. The van der Waals surface area contributed by atoms with Crippen LogP contribution in [0.1, 0.15) is 6.42 Å². The van der Waals surface area contributed by atoms with Crippen LogP contribution in [0.4, 0.5) is 4.39 Å². The molecule has 4 heteroatoms. The van der Waals surface area contributed by atoms with Gasteiger partial charge in [-0.25, -0.2) is 4.39 Å². The molecule has 0 fully saturated rings. The van der Waals surface area contributed by atoms with Crippen molar-refractivity contribution in [3.8, 4) is 5.75 Å². The van der Waals surface area contributed by atoms with Gasteiger partial charge in [0.2, 0.25) is 0 Å². The summed E-state index contributed by atoms with van der Waals surface area (Å²) in [6.07, 6.45) is 0.968. The third-order valence-corrected chi connectivity index (χ3v) is 1.62. The van der Waals surface area contributed by atoms with Crippen molar-refractivity contribution in [2.24, 2.45) is 0 Å². The SMILES string of the molecule is O=CCCOc1ccc(Cl)cc1F. The van der Waals surface area contributed by atoms with Crippen LogP contribution in [0.15, 0.2) is 18.2 Å². The van der Waals surface area contributed by atoms with E-state index in [0.29, 0.717) is 11.3 Å². The molecule has 0 aliphatic carbocycles. The summed E-state index contributed by atoms with van der Waals surface area (Å²) in [6, 6.07) is 4.13. The first kappa shape index (κ1) is 9.99. The first-order chi connectivity index (χ1) is 6.24. The maximum Gasteiger partial charge on any atom is 0.166 e. The molecule has 0 unspecified atom stereocenters. The lowest BCUT2D eigenvalue weighted by Gasteiger charge is -2.04. The van der Waals surface area contributed by atoms with Crippen LogP contribution in [0.3, 0.4) is 0 Å². The summed E-state index contributed by atoms with van der Waals surface area (Å²) in [4.78, 5) is 9.94. The number of benzene rings is 1. The van der Waals surface area contributed by atoms with Crippen LogP contribution in [0.5, 0.6) is 5.75 Å². The maximum absolute atomic E-state index is 13.0. The topological polar surface area (TPSA) is 26.3 Å². The summed E-state index contributed by atoms with van der Waals surface area (Å²) in [5.41, 5.74) is 0. The molecule has 0 aliphatic rings. The minimum atomic E-state index is -0.515. The number of ether oxygens (including phenoxy) is 1. The van der Waals surface area contributed by atoms with E-state index in [1.54, 1.807) is 0 Å². The van der Waals surface area contributed by atoms with Crippen LogP contribution in [0, 0.1) is 5.82 Å². The van der Waals surface area contributed by atoms with Gasteiger partial charge in [-0.2, -0.15) is 0 Å². The number of carbonyl (C=O) groups is 1. The summed E-state index contributed by atoms with van der Waals surface area (Å²) < 4.78 is 17.9. The van der Waals surface area contributed by atoms with Crippen molar-refractivity contribution in [3.05, 3.63) is 29.0 Å². The van der Waals surface area contributed by atoms with Gasteiger partial charge in [-0.15, -0.1) is 0 Å². The number of hydrogen-bond donors (Lipinski definition) is 0. The molecule has 1 aromatic carbocycles. The predicted octanol–water partition coefficient (Wildman–Crippen LogP) is 2.45. The lowest BCUT2D eigenvalue weighted by Crippen LogP contribution is -1.99. The van der Waals surface area contributed by atoms with Crippen molar-refractivity contribution in [1.82, 2.24) is 0 Å². The molecule has 0 atom stereocenters. The van der Waals surface area contributed by atoms with Gasteiger partial charge in [0.05, 0.1) is 6.61 Å². The van der Waals surface area contributed by atoms with Crippen LogP contribution in [-0.4, -0.2) is 12.9 Å². The normalized spacial score (nSPS) is 9.69. The molecular weight excluding hydrogens is 195 g/mol. The summed E-state index contributed by atoms with van der Waals surface area (Å²) in [5.74, 6) is -0.398. The van der Waals surface area contributed by atoms with Gasteiger partial charge in [-0.05, 0) is 18.2 Å². The fourth-order valence-electron chi connectivity index (χ4n) is 0.809. The Morgan fingerprint density at radius 3 is 2.92 bits per heavy atom. The third kappa shape index (κ3) is 3.03. The maximum atomic E-state index is 13.0. The molecule has 0 radical (unpaired) electrons. The smallest absolute Gasteiger partial charge is 0.166 e. The highest BCUT2D eigenvalue weighted by molar-refractivity contribution is 6.30. The van der Waals surface area contributed by atoms with Gasteiger partial charge in [-0.1, -0.05) is 11.6 Å². The molecule has 1 aromatic rings. The zero-order valence-corrected chi connectivity index (χ0v) is 7.55. The quantitative estimate of drug-likeness (QED) is 0.554. The van der Waals surface area contributed by atoms with Crippen molar-refractivity contribution in [3.63, 3.8) is 0 Å². The molecule has 70 valence electrons. The molecule has 0 heterocycles. The Morgan fingerprint density at radius 2 is 2.31 bits per heavy atom. The lowest BCUT2D eigenvalue weighted by atomic mass is 10.3. The zero-order valence-electron chi connectivity index (χ0n) is 6.80. The molecule has 0 saturated heterocycles. The molecule has 1 rings (SSSR count). The van der Waals surface area contributed by atoms with Gasteiger partial charge >= 0.3 is 0 Å². The van der Waals surface area contributed by atoms with Gasteiger partial charge in [0, 0.05) is 11.4 Å². The molecule has 0 N–H and O–H groups in total. The van der Waals surface area contributed by atoms with Crippen LogP contribution < -0.4 is 4.74 Å². The standard InChI is InChI=1S/C9H8ClFO2/c10-7-2-3-9(8(11)6-7)13-5-1-4-12/h2-4,6H,1,5H2. The van der Waals surface area contributed by atoms with E-state index in [1.807, 2.05) is 0 Å². The number of carbonyl (C=O) groups excluding carboxylic acids is 1. The second-order valence-electron chi connectivity index (χ2n) is 2.38. The van der Waals surface area contributed by atoms with Crippen LogP contribution in [0.2, 0.25) is 5.02 Å². The highest BCUT2D eigenvalue weighted by Crippen LogP contribution is 2.20. The first-order valence-electron chi connectivity index (χ1n) is 3.75. The van der Waals surface area contributed by atoms with E-state index in [-0.39, 0.29) is 18.8 Å². The second kappa shape index (κ2) is 4.82. The highest BCUT2D eigenvalue weighted by atomic mass is 35.5. The average Bonchev–Trinajstić information content (AvgIpc) is 2.09. The molecule has 0 saturated carbocycles. The van der Waals surface area contributed by atoms with Gasteiger partial charge in [0.15, 0.2) is 11.6 Å². The fraction of sp³-hybridized carbons (Fsp3) is 0.222. The minimum absolute atomic E-state index is 0.117. The lowest BCUT2D eigenvalue weighted by molar-refractivity contribution is -0.108. The van der Waals surface area contributed by atoms with E-state index in [2.05, 4.69) is 0 Å². The van der Waals surface area contributed by atoms with Crippen molar-refractivity contribution >= 4 is 17.9 Å². The Labute approximate surface area is 80.3 Å². The Kier molecular flexibility index (Phi) is 3.71. The summed E-state index contributed by atoms with van der Waals surface area (Å²) in [7, 11) is 0. The number of hydrogen-bond acceptors (Lipinski definition) is 2. The zero-order chi connectivity index (χ0) is 9.68. The van der Waals surface area contributed by atoms with Crippen molar-refractivity contribution in [2.75, 3.05) is 6.61 Å². The molecule has 0 amide bonds. The van der Waals surface area contributed by atoms with E-state index < -0.39 is 5.82 Å². The summed E-state index contributed by atoms with van der Waals surface area (Å²) in [5, 5.41) is 0.320.